The molecule has 1 amide bonds. The molecule has 0 spiro atoms. The molecule has 0 saturated heterocycles. The van der Waals surface area contributed by atoms with Crippen molar-refractivity contribution in [2.75, 3.05) is 7.11 Å². The number of hydrogen-bond acceptors (Lipinski definition) is 10. The molecule has 2 heterocycles. The number of hydrogen-bond donors (Lipinski definition) is 0. The predicted octanol–water partition coefficient (Wildman–Crippen LogP) is 3.94. The maximum atomic E-state index is 12.2. The van der Waals surface area contributed by atoms with E-state index in [2.05, 4.69) is 10.1 Å². The Morgan fingerprint density at radius 3 is 2.34 bits per heavy atom. The molecule has 0 radical (unpaired) electrons. The molecule has 1 atom stereocenters. The number of ether oxygens (including phenoxy) is 3. The highest BCUT2D eigenvalue weighted by atomic mass is 16.6. The molecule has 4 rings (SSSR count). The predicted molar refractivity (Wildman–Crippen MR) is 120 cm³/mol. The first-order chi connectivity index (χ1) is 16.8. The zero-order chi connectivity index (χ0) is 25.1. The van der Waals surface area contributed by atoms with Gasteiger partial charge in [0, 0.05) is 36.5 Å². The Hall–Kier alpha value is -5.07. The van der Waals surface area contributed by atoms with E-state index >= 15 is 0 Å². The number of aromatic nitrogens is 1. The molecule has 3 aromatic rings. The van der Waals surface area contributed by atoms with Crippen molar-refractivity contribution in [1.29, 1.82) is 0 Å². The number of amides is 1. The van der Waals surface area contributed by atoms with Crippen LogP contribution in [0.4, 0.5) is 11.4 Å². The van der Waals surface area contributed by atoms with E-state index < -0.39 is 27.4 Å². The third kappa shape index (κ3) is 4.68. The van der Waals surface area contributed by atoms with Crippen molar-refractivity contribution >= 4 is 23.2 Å². The first-order valence-electron chi connectivity index (χ1n) is 10.0. The maximum absolute atomic E-state index is 12.2. The zero-order valence-corrected chi connectivity index (χ0v) is 18.4. The number of hydrazone groups is 1. The monoisotopic (exact) mass is 479 g/mol. The van der Waals surface area contributed by atoms with Crippen molar-refractivity contribution in [2.24, 2.45) is 5.10 Å². The van der Waals surface area contributed by atoms with E-state index in [4.69, 9.17) is 14.2 Å². The summed E-state index contributed by atoms with van der Waals surface area (Å²) in [5.41, 5.74) is 0.100. The Morgan fingerprint density at radius 2 is 1.71 bits per heavy atom. The second-order valence-electron chi connectivity index (χ2n) is 7.15. The molecular formula is C22H17N5O8. The van der Waals surface area contributed by atoms with Crippen LogP contribution in [0.25, 0.3) is 0 Å². The van der Waals surface area contributed by atoms with E-state index in [-0.39, 0.29) is 29.1 Å². The number of carbonyl (C=O) groups is 1. The molecule has 1 aromatic heterocycles. The fraction of sp³-hybridized carbons (Fsp3) is 0.136. The van der Waals surface area contributed by atoms with E-state index in [0.717, 1.165) is 18.2 Å². The number of benzene rings is 2. The topological polar surface area (TPSA) is 160 Å². The van der Waals surface area contributed by atoms with Gasteiger partial charge in [-0.05, 0) is 36.4 Å². The van der Waals surface area contributed by atoms with Gasteiger partial charge in [-0.2, -0.15) is 5.01 Å². The van der Waals surface area contributed by atoms with Crippen molar-refractivity contribution in [3.63, 3.8) is 0 Å². The number of rotatable bonds is 7. The van der Waals surface area contributed by atoms with Crippen LogP contribution in [0.15, 0.2) is 66.0 Å². The Balaban J connectivity index is 1.65. The molecule has 2 aromatic carbocycles. The largest absolute Gasteiger partial charge is 0.493 e. The lowest BCUT2D eigenvalue weighted by atomic mass is 10.1. The molecule has 13 heteroatoms. The van der Waals surface area contributed by atoms with Crippen molar-refractivity contribution in [3.8, 4) is 17.2 Å². The van der Waals surface area contributed by atoms with Gasteiger partial charge >= 0.3 is 5.69 Å². The van der Waals surface area contributed by atoms with Gasteiger partial charge in [-0.3, -0.25) is 30.0 Å². The highest BCUT2D eigenvalue weighted by molar-refractivity contribution is 5.96. The quantitative estimate of drug-likeness (QED) is 0.361. The second-order valence-corrected chi connectivity index (χ2v) is 7.15. The van der Waals surface area contributed by atoms with Crippen LogP contribution in [0.5, 0.6) is 17.2 Å². The number of nitro benzene ring substituents is 2. The Morgan fingerprint density at radius 1 is 1.00 bits per heavy atom. The minimum atomic E-state index is -0.896. The first kappa shape index (κ1) is 23.1. The van der Waals surface area contributed by atoms with Crippen LogP contribution in [0, 0.1) is 20.2 Å². The summed E-state index contributed by atoms with van der Waals surface area (Å²) in [4.78, 5) is 37.0. The van der Waals surface area contributed by atoms with E-state index in [1.54, 1.807) is 30.6 Å². The molecule has 1 aliphatic rings. The minimum Gasteiger partial charge on any atom is -0.493 e. The average molecular weight is 479 g/mol. The third-order valence-electron chi connectivity index (χ3n) is 4.94. The van der Waals surface area contributed by atoms with Crippen molar-refractivity contribution in [2.45, 2.75) is 13.2 Å². The molecule has 35 heavy (non-hydrogen) atoms. The summed E-state index contributed by atoms with van der Waals surface area (Å²) in [6.07, 6.45) is 2.24. The van der Waals surface area contributed by atoms with Crippen molar-refractivity contribution in [1.82, 2.24) is 9.99 Å². The number of pyridine rings is 1. The van der Waals surface area contributed by atoms with Gasteiger partial charge in [-0.1, -0.05) is 0 Å². The van der Waals surface area contributed by atoms with Gasteiger partial charge in [-0.15, -0.1) is 5.10 Å². The molecule has 178 valence electrons. The van der Waals surface area contributed by atoms with E-state index in [1.165, 1.54) is 31.2 Å². The van der Waals surface area contributed by atoms with Gasteiger partial charge in [0.15, 0.2) is 11.5 Å². The van der Waals surface area contributed by atoms with Crippen LogP contribution in [0.1, 0.15) is 24.3 Å². The number of nitro groups is 2. The summed E-state index contributed by atoms with van der Waals surface area (Å²) in [6.45, 7) is 1.35. The van der Waals surface area contributed by atoms with Gasteiger partial charge < -0.3 is 14.2 Å². The molecule has 0 aliphatic carbocycles. The third-order valence-corrected chi connectivity index (χ3v) is 4.94. The summed E-state index contributed by atoms with van der Waals surface area (Å²) in [7, 11) is 1.37. The highest BCUT2D eigenvalue weighted by Gasteiger charge is 2.34. The lowest BCUT2D eigenvalue weighted by Crippen LogP contribution is -2.25. The summed E-state index contributed by atoms with van der Waals surface area (Å²) < 4.78 is 17.0. The van der Waals surface area contributed by atoms with Gasteiger partial charge in [0.25, 0.3) is 5.69 Å². The smallest absolute Gasteiger partial charge is 0.318 e. The van der Waals surface area contributed by atoms with Crippen molar-refractivity contribution in [3.05, 3.63) is 92.3 Å². The molecule has 0 N–H and O–H groups in total. The maximum Gasteiger partial charge on any atom is 0.318 e. The average Bonchev–Trinajstić information content (AvgIpc) is 3.31. The minimum absolute atomic E-state index is 0.107. The normalized spacial score (nSPS) is 14.6. The van der Waals surface area contributed by atoms with Gasteiger partial charge in [0.05, 0.1) is 23.0 Å². The summed E-state index contributed by atoms with van der Waals surface area (Å²) in [5.74, 6) is -0.0545. The lowest BCUT2D eigenvalue weighted by Gasteiger charge is -2.20. The summed E-state index contributed by atoms with van der Waals surface area (Å²) in [6, 6.07) is 11.0. The van der Waals surface area contributed by atoms with E-state index in [0.29, 0.717) is 11.1 Å². The fourth-order valence-electron chi connectivity index (χ4n) is 3.28. The first-order valence-corrected chi connectivity index (χ1v) is 10.0. The van der Waals surface area contributed by atoms with Crippen LogP contribution in [0.3, 0.4) is 0 Å². The van der Waals surface area contributed by atoms with Crippen LogP contribution in [-0.4, -0.2) is 38.8 Å². The second kappa shape index (κ2) is 9.43. The number of methoxy groups -OCH3 is 1. The summed E-state index contributed by atoms with van der Waals surface area (Å²) >= 11 is 0. The standard InChI is InChI=1S/C22H17N5O8/c1-13(28)25-22(35-21(24-25)14-7-9-23-10-8-14)15-3-5-19(20(11-15)33-2)34-18-6-4-16(26(29)30)12-17(18)27(31)32/h3-12,22H,1-2H3/t22-/m1/s1. The van der Waals surface area contributed by atoms with Gasteiger partial charge in [0.2, 0.25) is 23.8 Å². The SMILES string of the molecule is COc1cc([C@H]2OC(c3ccncc3)=NN2C(C)=O)ccc1Oc1ccc([N+](=O)[O-])cc1[N+](=O)[O-]. The van der Waals surface area contributed by atoms with Crippen LogP contribution in [0.2, 0.25) is 0 Å². The molecule has 13 nitrogen and oxygen atoms in total. The summed E-state index contributed by atoms with van der Waals surface area (Å²) in [5, 5.41) is 27.8. The molecule has 1 aliphatic heterocycles. The van der Waals surface area contributed by atoms with Gasteiger partial charge in [0.1, 0.15) is 0 Å². The zero-order valence-electron chi connectivity index (χ0n) is 18.4. The highest BCUT2D eigenvalue weighted by Crippen LogP contribution is 2.40. The number of non-ortho nitro benzene ring substituents is 1. The number of carbonyl (C=O) groups excluding carboxylic acids is 1. The molecule has 0 bridgehead atoms. The van der Waals surface area contributed by atoms with Crippen LogP contribution >= 0.6 is 0 Å². The molecular weight excluding hydrogens is 462 g/mol. The lowest BCUT2D eigenvalue weighted by molar-refractivity contribution is -0.394. The van der Waals surface area contributed by atoms with Gasteiger partial charge in [-0.25, -0.2) is 0 Å². The Bertz CT molecular complexity index is 1340. The Kier molecular flexibility index (Phi) is 6.22. The van der Waals surface area contributed by atoms with E-state index in [9.17, 15) is 25.0 Å². The fourth-order valence-corrected chi connectivity index (χ4v) is 3.28. The Labute approximate surface area is 197 Å². The van der Waals surface area contributed by atoms with Crippen LogP contribution in [-0.2, 0) is 9.53 Å². The molecule has 0 fully saturated rings. The van der Waals surface area contributed by atoms with E-state index in [1.807, 2.05) is 0 Å². The molecule has 0 unspecified atom stereocenters. The molecule has 0 saturated carbocycles. The van der Waals surface area contributed by atoms with Crippen LogP contribution < -0.4 is 9.47 Å². The van der Waals surface area contributed by atoms with Crippen molar-refractivity contribution < 1.29 is 28.9 Å². The number of nitrogens with zero attached hydrogens (tertiary/aromatic N) is 5.